The molecule has 0 aliphatic carbocycles. The molecule has 4 aromatic rings. The van der Waals surface area contributed by atoms with Gasteiger partial charge in [-0.15, -0.1) is 0 Å². The van der Waals surface area contributed by atoms with Gasteiger partial charge in [-0.05, 0) is 49.5 Å². The summed E-state index contributed by atoms with van der Waals surface area (Å²) in [6.45, 7) is 6.82. The predicted molar refractivity (Wildman–Crippen MR) is 170 cm³/mol. The van der Waals surface area contributed by atoms with Crippen molar-refractivity contribution in [3.63, 3.8) is 0 Å². The number of amides is 1. The number of carbonyl (C=O) groups is 3. The highest BCUT2D eigenvalue weighted by atomic mass is 19.1. The second-order valence-corrected chi connectivity index (χ2v) is 9.51. The lowest BCUT2D eigenvalue weighted by molar-refractivity contribution is -0.134. The van der Waals surface area contributed by atoms with Crippen LogP contribution >= 0.6 is 0 Å². The summed E-state index contributed by atoms with van der Waals surface area (Å²) in [4.78, 5) is 47.1. The summed E-state index contributed by atoms with van der Waals surface area (Å²) in [7, 11) is 2.07. The van der Waals surface area contributed by atoms with Gasteiger partial charge in [0.1, 0.15) is 17.2 Å². The first-order valence-corrected chi connectivity index (χ1v) is 13.3. The van der Waals surface area contributed by atoms with E-state index in [1.54, 1.807) is 36.5 Å². The molecular weight excluding hydrogens is 605 g/mol. The van der Waals surface area contributed by atoms with Gasteiger partial charge in [-0.2, -0.15) is 9.97 Å². The number of carboxylic acid groups (broad SMARTS) is 2. The van der Waals surface area contributed by atoms with Crippen molar-refractivity contribution in [1.82, 2.24) is 19.9 Å². The number of hydrogen-bond acceptors (Lipinski definition) is 9. The number of nitrogens with one attached hydrogen (secondary N) is 3. The molecule has 16 heteroatoms. The van der Waals surface area contributed by atoms with Crippen LogP contribution < -0.4 is 20.3 Å². The second-order valence-electron chi connectivity index (χ2n) is 9.51. The summed E-state index contributed by atoms with van der Waals surface area (Å²) in [6, 6.07) is 13.8. The largest absolute Gasteiger partial charge is 0.478 e. The fourth-order valence-corrected chi connectivity index (χ4v) is 4.15. The summed E-state index contributed by atoms with van der Waals surface area (Å²) in [5, 5.41) is 22.1. The van der Waals surface area contributed by atoms with E-state index in [9.17, 15) is 18.8 Å². The third kappa shape index (κ3) is 10.1. The molecule has 9 N–H and O–H groups in total. The first-order chi connectivity index (χ1) is 21.1. The molecule has 46 heavy (non-hydrogen) atoms. The highest BCUT2D eigenvalue weighted by Gasteiger charge is 2.18. The Balaban J connectivity index is 0.000000656. The first-order valence-electron chi connectivity index (χ1n) is 13.3. The fraction of sp³-hybridized carbons (Fsp3) is 0.167. The van der Waals surface area contributed by atoms with Gasteiger partial charge in [0.05, 0.1) is 11.1 Å². The molecule has 0 unspecified atom stereocenters. The predicted octanol–water partition coefficient (Wildman–Crippen LogP) is 2.57. The van der Waals surface area contributed by atoms with Crippen LogP contribution in [0.5, 0.6) is 11.6 Å². The number of ether oxygens (including phenoxy) is 1. The lowest BCUT2D eigenvalue weighted by Gasteiger charge is -2.34. The second kappa shape index (κ2) is 16.9. The van der Waals surface area contributed by atoms with Gasteiger partial charge in [0, 0.05) is 62.0 Å². The number of fused-ring (bicyclic) bond motifs is 1. The number of carboxylic acids is 2. The molecule has 2 aromatic carbocycles. The fourth-order valence-electron chi connectivity index (χ4n) is 4.15. The molecule has 1 fully saturated rings. The van der Waals surface area contributed by atoms with Crippen molar-refractivity contribution in [2.45, 2.75) is 0 Å². The van der Waals surface area contributed by atoms with Gasteiger partial charge in [-0.1, -0.05) is 12.6 Å². The molecule has 1 saturated heterocycles. The number of hydrogen-bond donors (Lipinski definition) is 5. The average molecular weight is 640 g/mol. The van der Waals surface area contributed by atoms with Crippen LogP contribution in [0.3, 0.4) is 0 Å². The minimum absolute atomic E-state index is 0. The van der Waals surface area contributed by atoms with Crippen molar-refractivity contribution in [3.8, 4) is 11.6 Å². The molecular formula is C30H34FN7O8. The third-order valence-electron chi connectivity index (χ3n) is 6.30. The summed E-state index contributed by atoms with van der Waals surface area (Å²) in [5.74, 6) is -2.10. The van der Waals surface area contributed by atoms with Crippen LogP contribution in [0.4, 0.5) is 27.4 Å². The minimum atomic E-state index is -1.26. The molecule has 0 bridgehead atoms. The molecule has 5 rings (SSSR count). The number of likely N-dealkylation sites (N-methyl/N-ethyl adjacent to an activating group) is 1. The molecule has 1 aliphatic rings. The highest BCUT2D eigenvalue weighted by Crippen LogP contribution is 2.31. The Morgan fingerprint density at radius 1 is 0.978 bits per heavy atom. The maximum Gasteiger partial charge on any atom is 0.328 e. The maximum absolute atomic E-state index is 15.0. The summed E-state index contributed by atoms with van der Waals surface area (Å²) in [6.07, 6.45) is 4.05. The average Bonchev–Trinajstić information content (AvgIpc) is 3.46. The molecule has 0 atom stereocenters. The Hall–Kier alpha value is -5.84. The summed E-state index contributed by atoms with van der Waals surface area (Å²) in [5.41, 5.74) is 2.23. The van der Waals surface area contributed by atoms with E-state index in [1.807, 2.05) is 12.1 Å². The van der Waals surface area contributed by atoms with Crippen LogP contribution in [-0.2, 0) is 14.4 Å². The zero-order valence-electron chi connectivity index (χ0n) is 24.7. The smallest absolute Gasteiger partial charge is 0.328 e. The van der Waals surface area contributed by atoms with Crippen molar-refractivity contribution in [2.75, 3.05) is 48.8 Å². The van der Waals surface area contributed by atoms with Gasteiger partial charge in [0.25, 0.3) is 0 Å². The number of rotatable bonds is 9. The summed E-state index contributed by atoms with van der Waals surface area (Å²) >= 11 is 0. The van der Waals surface area contributed by atoms with Crippen molar-refractivity contribution >= 4 is 51.9 Å². The minimum Gasteiger partial charge on any atom is -0.478 e. The number of aromatic nitrogens is 3. The van der Waals surface area contributed by atoms with Crippen LogP contribution in [0.2, 0.25) is 0 Å². The number of aliphatic carboxylic acids is 2. The third-order valence-corrected chi connectivity index (χ3v) is 6.30. The van der Waals surface area contributed by atoms with E-state index >= 15 is 0 Å². The van der Waals surface area contributed by atoms with E-state index in [0.29, 0.717) is 51.9 Å². The Labute approximate surface area is 262 Å². The molecule has 1 aliphatic heterocycles. The molecule has 244 valence electrons. The van der Waals surface area contributed by atoms with Crippen molar-refractivity contribution in [3.05, 3.63) is 85.4 Å². The monoisotopic (exact) mass is 639 g/mol. The zero-order chi connectivity index (χ0) is 31.6. The van der Waals surface area contributed by atoms with Gasteiger partial charge in [-0.25, -0.2) is 14.0 Å². The van der Waals surface area contributed by atoms with Crippen LogP contribution in [0.15, 0.2) is 79.5 Å². The highest BCUT2D eigenvalue weighted by molar-refractivity contribution is 5.99. The number of H-pyrrole nitrogens is 1. The van der Waals surface area contributed by atoms with Gasteiger partial charge in [0.15, 0.2) is 0 Å². The zero-order valence-corrected chi connectivity index (χ0v) is 24.7. The topological polar surface area (TPSA) is 236 Å². The SMILES string of the molecule is C=CC(=O)Nc1cccc(Oc2nc(Nc3ccc(N4CCN(C)CC4)c(F)c3)nc3[nH]ccc23)c1.O.O.O=C(O)/C=C\C(=O)O. The van der Waals surface area contributed by atoms with Crippen LogP contribution in [0, 0.1) is 5.82 Å². The van der Waals surface area contributed by atoms with E-state index in [1.165, 1.54) is 12.1 Å². The van der Waals surface area contributed by atoms with E-state index < -0.39 is 11.9 Å². The first kappa shape index (κ1) is 36.4. The molecule has 0 radical (unpaired) electrons. The lowest BCUT2D eigenvalue weighted by Crippen LogP contribution is -2.44. The molecule has 0 spiro atoms. The van der Waals surface area contributed by atoms with Crippen molar-refractivity contribution in [1.29, 1.82) is 0 Å². The van der Waals surface area contributed by atoms with Gasteiger partial charge in [0.2, 0.25) is 17.7 Å². The van der Waals surface area contributed by atoms with E-state index in [4.69, 9.17) is 14.9 Å². The normalized spacial score (nSPS) is 12.6. The Morgan fingerprint density at radius 2 is 1.67 bits per heavy atom. The molecule has 0 saturated carbocycles. The lowest BCUT2D eigenvalue weighted by atomic mass is 10.2. The number of piperazine rings is 1. The number of benzene rings is 2. The van der Waals surface area contributed by atoms with E-state index in [-0.39, 0.29) is 28.6 Å². The number of anilines is 4. The van der Waals surface area contributed by atoms with E-state index in [0.717, 1.165) is 26.2 Å². The van der Waals surface area contributed by atoms with Crippen LogP contribution in [0.1, 0.15) is 0 Å². The number of halogens is 1. The number of aromatic amines is 1. The Kier molecular flexibility index (Phi) is 13.3. The van der Waals surface area contributed by atoms with Gasteiger partial charge < -0.3 is 51.3 Å². The Bertz CT molecular complexity index is 1690. The number of nitrogens with zero attached hydrogens (tertiary/aromatic N) is 4. The van der Waals surface area contributed by atoms with Crippen molar-refractivity contribution in [2.24, 2.45) is 0 Å². The van der Waals surface area contributed by atoms with Crippen molar-refractivity contribution < 1.29 is 44.7 Å². The summed E-state index contributed by atoms with van der Waals surface area (Å²) < 4.78 is 21.0. The van der Waals surface area contributed by atoms with Gasteiger partial charge in [-0.3, -0.25) is 4.79 Å². The van der Waals surface area contributed by atoms with Gasteiger partial charge >= 0.3 is 11.9 Å². The molecule has 3 heterocycles. The standard InChI is InChI=1S/C26H26FN7O2.C4H4O4.2H2O/c1-3-23(35)29-17-5-4-6-19(15-17)36-25-20-9-10-28-24(20)31-26(32-25)30-18-7-8-22(21(27)16-18)34-13-11-33(2)12-14-34;5-3(6)1-2-4(7)8;;/h3-10,15-16H,1,11-14H2,2H3,(H,29,35)(H2,28,30,31,32);1-2H,(H,5,6)(H,7,8);2*1H2/b;2-1-;;. The van der Waals surface area contributed by atoms with Crippen LogP contribution in [0.25, 0.3) is 11.0 Å². The molecule has 2 aromatic heterocycles. The molecule has 1 amide bonds. The number of carbonyl (C=O) groups excluding carboxylic acids is 1. The maximum atomic E-state index is 15.0. The van der Waals surface area contributed by atoms with E-state index in [2.05, 4.69) is 49.0 Å². The quantitative estimate of drug-likeness (QED) is 0.167. The molecule has 15 nitrogen and oxygen atoms in total. The van der Waals surface area contributed by atoms with Crippen LogP contribution in [-0.4, -0.2) is 92.1 Å². The Morgan fingerprint density at radius 3 is 2.30 bits per heavy atom.